The SMILES string of the molecule is CNCCc1nc(C(F)F)no1. The average Bonchev–Trinajstić information content (AvgIpc) is 2.48. The first-order chi connectivity index (χ1) is 5.74. The quantitative estimate of drug-likeness (QED) is 0.738. The summed E-state index contributed by atoms with van der Waals surface area (Å²) in [5.74, 6) is -0.305. The lowest BCUT2D eigenvalue weighted by Crippen LogP contribution is -2.10. The standard InChI is InChI=1S/C6H9F2N3O/c1-9-3-2-4-10-6(5(7)8)11-12-4/h5,9H,2-3H2,1H3. The van der Waals surface area contributed by atoms with E-state index in [0.717, 1.165) is 0 Å². The molecule has 1 N–H and O–H groups in total. The largest absolute Gasteiger partial charge is 0.339 e. The summed E-state index contributed by atoms with van der Waals surface area (Å²) in [6.07, 6.45) is -2.19. The highest BCUT2D eigenvalue weighted by Gasteiger charge is 2.14. The van der Waals surface area contributed by atoms with Crippen molar-refractivity contribution in [1.29, 1.82) is 0 Å². The predicted octanol–water partition coefficient (Wildman–Crippen LogP) is 0.769. The first kappa shape index (κ1) is 9.05. The molecular weight excluding hydrogens is 168 g/mol. The van der Waals surface area contributed by atoms with E-state index in [0.29, 0.717) is 13.0 Å². The molecule has 0 aliphatic rings. The maximum atomic E-state index is 11.9. The van der Waals surface area contributed by atoms with Crippen molar-refractivity contribution in [2.45, 2.75) is 12.8 Å². The van der Waals surface area contributed by atoms with Gasteiger partial charge in [-0.15, -0.1) is 0 Å². The average molecular weight is 177 g/mol. The van der Waals surface area contributed by atoms with Crippen LogP contribution < -0.4 is 5.32 Å². The molecule has 1 aromatic rings. The minimum Gasteiger partial charge on any atom is -0.339 e. The van der Waals surface area contributed by atoms with Crippen molar-refractivity contribution in [2.24, 2.45) is 0 Å². The van der Waals surface area contributed by atoms with Gasteiger partial charge in [0.05, 0.1) is 0 Å². The molecule has 0 saturated carbocycles. The summed E-state index contributed by atoms with van der Waals surface area (Å²) >= 11 is 0. The van der Waals surface area contributed by atoms with Gasteiger partial charge in [0.25, 0.3) is 0 Å². The third kappa shape index (κ3) is 2.23. The molecule has 0 radical (unpaired) electrons. The Morgan fingerprint density at radius 1 is 1.58 bits per heavy atom. The summed E-state index contributed by atoms with van der Waals surface area (Å²) in [7, 11) is 1.75. The van der Waals surface area contributed by atoms with Gasteiger partial charge in [0.2, 0.25) is 11.7 Å². The molecule has 0 bridgehead atoms. The van der Waals surface area contributed by atoms with Crippen LogP contribution in [0.3, 0.4) is 0 Å². The monoisotopic (exact) mass is 177 g/mol. The van der Waals surface area contributed by atoms with Crippen LogP contribution in [0.1, 0.15) is 18.1 Å². The zero-order valence-corrected chi connectivity index (χ0v) is 6.55. The maximum Gasteiger partial charge on any atom is 0.300 e. The van der Waals surface area contributed by atoms with Crippen LogP contribution in [0.5, 0.6) is 0 Å². The first-order valence-electron chi connectivity index (χ1n) is 3.49. The van der Waals surface area contributed by atoms with Crippen molar-refractivity contribution in [3.63, 3.8) is 0 Å². The van der Waals surface area contributed by atoms with E-state index in [1.165, 1.54) is 0 Å². The Labute approximate surface area is 68.0 Å². The Kier molecular flexibility index (Phi) is 3.09. The van der Waals surface area contributed by atoms with Gasteiger partial charge in [-0.05, 0) is 7.05 Å². The van der Waals surface area contributed by atoms with Crippen molar-refractivity contribution in [3.05, 3.63) is 11.7 Å². The molecule has 0 aromatic carbocycles. The number of hydrogen-bond acceptors (Lipinski definition) is 4. The van der Waals surface area contributed by atoms with E-state index in [1.54, 1.807) is 7.05 Å². The Balaban J connectivity index is 2.52. The van der Waals surface area contributed by atoms with Crippen LogP contribution in [-0.4, -0.2) is 23.7 Å². The van der Waals surface area contributed by atoms with Crippen molar-refractivity contribution < 1.29 is 13.3 Å². The minimum atomic E-state index is -2.66. The fourth-order valence-electron chi connectivity index (χ4n) is 0.690. The normalized spacial score (nSPS) is 11.0. The maximum absolute atomic E-state index is 11.9. The van der Waals surface area contributed by atoms with E-state index in [2.05, 4.69) is 20.0 Å². The van der Waals surface area contributed by atoms with E-state index in [4.69, 9.17) is 0 Å². The highest BCUT2D eigenvalue weighted by molar-refractivity contribution is 4.87. The van der Waals surface area contributed by atoms with Crippen LogP contribution in [0.15, 0.2) is 4.52 Å². The topological polar surface area (TPSA) is 51.0 Å². The van der Waals surface area contributed by atoms with E-state index in [1.807, 2.05) is 0 Å². The van der Waals surface area contributed by atoms with Crippen LogP contribution in [-0.2, 0) is 6.42 Å². The van der Waals surface area contributed by atoms with Crippen molar-refractivity contribution in [1.82, 2.24) is 15.5 Å². The number of hydrogen-bond donors (Lipinski definition) is 1. The number of aromatic nitrogens is 2. The smallest absolute Gasteiger partial charge is 0.300 e. The lowest BCUT2D eigenvalue weighted by Gasteiger charge is -1.90. The second kappa shape index (κ2) is 4.10. The van der Waals surface area contributed by atoms with Gasteiger partial charge in [0.15, 0.2) is 0 Å². The van der Waals surface area contributed by atoms with Crippen molar-refractivity contribution in [3.8, 4) is 0 Å². The Morgan fingerprint density at radius 2 is 2.33 bits per heavy atom. The first-order valence-corrected chi connectivity index (χ1v) is 3.49. The second-order valence-corrected chi connectivity index (χ2v) is 2.20. The number of alkyl halides is 2. The lowest BCUT2D eigenvalue weighted by atomic mass is 10.4. The third-order valence-electron chi connectivity index (χ3n) is 1.27. The van der Waals surface area contributed by atoms with Gasteiger partial charge in [0.1, 0.15) is 0 Å². The zero-order chi connectivity index (χ0) is 8.97. The molecule has 0 fully saturated rings. The van der Waals surface area contributed by atoms with Gasteiger partial charge in [-0.3, -0.25) is 0 Å². The van der Waals surface area contributed by atoms with Crippen LogP contribution >= 0.6 is 0 Å². The van der Waals surface area contributed by atoms with E-state index in [9.17, 15) is 8.78 Å². The van der Waals surface area contributed by atoms with Crippen LogP contribution in [0.4, 0.5) is 8.78 Å². The third-order valence-corrected chi connectivity index (χ3v) is 1.27. The molecule has 0 unspecified atom stereocenters. The predicted molar refractivity (Wildman–Crippen MR) is 36.9 cm³/mol. The van der Waals surface area contributed by atoms with E-state index in [-0.39, 0.29) is 5.89 Å². The molecule has 1 aromatic heterocycles. The summed E-state index contributed by atoms with van der Waals surface area (Å²) in [6, 6.07) is 0. The van der Waals surface area contributed by atoms with Crippen molar-refractivity contribution in [2.75, 3.05) is 13.6 Å². The highest BCUT2D eigenvalue weighted by atomic mass is 19.3. The van der Waals surface area contributed by atoms with Gasteiger partial charge >= 0.3 is 6.43 Å². The molecule has 0 aliphatic heterocycles. The van der Waals surface area contributed by atoms with Gasteiger partial charge in [0, 0.05) is 13.0 Å². The van der Waals surface area contributed by atoms with E-state index < -0.39 is 12.2 Å². The van der Waals surface area contributed by atoms with Gasteiger partial charge in [-0.2, -0.15) is 4.98 Å². The summed E-state index contributed by atoms with van der Waals surface area (Å²) in [5, 5.41) is 5.94. The summed E-state index contributed by atoms with van der Waals surface area (Å²) in [5.41, 5.74) is 0. The summed E-state index contributed by atoms with van der Waals surface area (Å²) < 4.78 is 28.4. The van der Waals surface area contributed by atoms with Gasteiger partial charge in [-0.25, -0.2) is 8.78 Å². The molecule has 0 spiro atoms. The molecule has 0 saturated heterocycles. The molecule has 12 heavy (non-hydrogen) atoms. The number of rotatable bonds is 4. The fourth-order valence-corrected chi connectivity index (χ4v) is 0.690. The molecule has 4 nitrogen and oxygen atoms in total. The highest BCUT2D eigenvalue weighted by Crippen LogP contribution is 2.14. The molecule has 0 amide bonds. The second-order valence-electron chi connectivity index (χ2n) is 2.20. The number of likely N-dealkylation sites (N-methyl/N-ethyl adjacent to an activating group) is 1. The lowest BCUT2D eigenvalue weighted by molar-refractivity contribution is 0.136. The molecule has 0 aliphatic carbocycles. The summed E-state index contributed by atoms with van der Waals surface area (Å²) in [6.45, 7) is 0.630. The molecule has 1 heterocycles. The molecule has 0 atom stereocenters. The molecule has 6 heteroatoms. The van der Waals surface area contributed by atoms with Crippen LogP contribution in [0, 0.1) is 0 Å². The van der Waals surface area contributed by atoms with Gasteiger partial charge < -0.3 is 9.84 Å². The number of nitrogens with one attached hydrogen (secondary N) is 1. The Bertz CT molecular complexity index is 238. The molecular formula is C6H9F2N3O. The van der Waals surface area contributed by atoms with E-state index >= 15 is 0 Å². The number of halogens is 2. The minimum absolute atomic E-state index is 0.236. The number of nitrogens with zero attached hydrogens (tertiary/aromatic N) is 2. The summed E-state index contributed by atoms with van der Waals surface area (Å²) in [4.78, 5) is 3.48. The fraction of sp³-hybridized carbons (Fsp3) is 0.667. The molecule has 68 valence electrons. The van der Waals surface area contributed by atoms with Crippen LogP contribution in [0.2, 0.25) is 0 Å². The van der Waals surface area contributed by atoms with Crippen LogP contribution in [0.25, 0.3) is 0 Å². The van der Waals surface area contributed by atoms with Crippen molar-refractivity contribution >= 4 is 0 Å². The van der Waals surface area contributed by atoms with Gasteiger partial charge in [-0.1, -0.05) is 5.16 Å². The zero-order valence-electron chi connectivity index (χ0n) is 6.55. The molecule has 1 rings (SSSR count). The Hall–Kier alpha value is -1.04. The Morgan fingerprint density at radius 3 is 2.83 bits per heavy atom.